The van der Waals surface area contributed by atoms with Crippen molar-refractivity contribution in [1.29, 1.82) is 0 Å². The lowest BCUT2D eigenvalue weighted by Crippen LogP contribution is -2.44. The van der Waals surface area contributed by atoms with Crippen molar-refractivity contribution in [3.8, 4) is 0 Å². The third-order valence-corrected chi connectivity index (χ3v) is 5.60. The predicted octanol–water partition coefficient (Wildman–Crippen LogP) is 3.06. The summed E-state index contributed by atoms with van der Waals surface area (Å²) in [6.45, 7) is 7.06. The second kappa shape index (κ2) is 5.27. The largest absolute Gasteiger partial charge is 0.327 e. The molecule has 2 rings (SSSR count). The molecule has 0 spiro atoms. The summed E-state index contributed by atoms with van der Waals surface area (Å²) < 4.78 is 0. The maximum absolute atomic E-state index is 6.23. The number of rotatable bonds is 5. The van der Waals surface area contributed by atoms with Crippen LogP contribution in [-0.2, 0) is 0 Å². The molecule has 0 saturated heterocycles. The van der Waals surface area contributed by atoms with Crippen molar-refractivity contribution < 1.29 is 0 Å². The highest BCUT2D eigenvalue weighted by molar-refractivity contribution is 4.94. The molecule has 0 aromatic rings. The van der Waals surface area contributed by atoms with Gasteiger partial charge < -0.3 is 11.1 Å². The SMILES string of the molecule is CCC1(CNCC2(C)CCCC2N)CCCC1. The molecule has 0 aliphatic heterocycles. The van der Waals surface area contributed by atoms with Gasteiger partial charge in [-0.25, -0.2) is 0 Å². The first-order valence-corrected chi connectivity index (χ1v) is 7.57. The molecule has 2 unspecified atom stereocenters. The van der Waals surface area contributed by atoms with Crippen LogP contribution >= 0.6 is 0 Å². The third-order valence-electron chi connectivity index (χ3n) is 5.60. The lowest BCUT2D eigenvalue weighted by molar-refractivity contribution is 0.225. The van der Waals surface area contributed by atoms with E-state index in [1.165, 1.54) is 57.9 Å². The fourth-order valence-electron chi connectivity index (χ4n) is 3.87. The monoisotopic (exact) mass is 238 g/mol. The van der Waals surface area contributed by atoms with Gasteiger partial charge in [-0.3, -0.25) is 0 Å². The van der Waals surface area contributed by atoms with Crippen molar-refractivity contribution in [3.63, 3.8) is 0 Å². The van der Waals surface area contributed by atoms with Crippen LogP contribution in [0, 0.1) is 10.8 Å². The van der Waals surface area contributed by atoms with Gasteiger partial charge in [0, 0.05) is 19.1 Å². The van der Waals surface area contributed by atoms with Crippen LogP contribution in [0.3, 0.4) is 0 Å². The summed E-state index contributed by atoms with van der Waals surface area (Å²) in [5, 5.41) is 3.75. The maximum atomic E-state index is 6.23. The van der Waals surface area contributed by atoms with Crippen LogP contribution in [0.15, 0.2) is 0 Å². The zero-order valence-electron chi connectivity index (χ0n) is 11.7. The zero-order chi connectivity index (χ0) is 12.4. The van der Waals surface area contributed by atoms with E-state index in [0.717, 1.165) is 6.54 Å². The Morgan fingerprint density at radius 1 is 1.12 bits per heavy atom. The maximum Gasteiger partial charge on any atom is 0.0105 e. The van der Waals surface area contributed by atoms with E-state index >= 15 is 0 Å². The first-order chi connectivity index (χ1) is 8.10. The summed E-state index contributed by atoms with van der Waals surface area (Å²) in [4.78, 5) is 0. The summed E-state index contributed by atoms with van der Waals surface area (Å²) in [6.07, 6.45) is 10.9. The van der Waals surface area contributed by atoms with Crippen molar-refractivity contribution >= 4 is 0 Å². The Morgan fingerprint density at radius 3 is 2.35 bits per heavy atom. The molecule has 2 aliphatic carbocycles. The van der Waals surface area contributed by atoms with Crippen LogP contribution in [0.5, 0.6) is 0 Å². The Labute approximate surface area is 107 Å². The molecule has 0 bridgehead atoms. The van der Waals surface area contributed by atoms with E-state index in [9.17, 15) is 0 Å². The molecule has 2 fully saturated rings. The van der Waals surface area contributed by atoms with E-state index in [-0.39, 0.29) is 0 Å². The standard InChI is InChI=1S/C15H30N2/c1-3-15(9-4-5-10-15)12-17-11-14(2)8-6-7-13(14)16/h13,17H,3-12,16H2,1-2H3. The van der Waals surface area contributed by atoms with Crippen molar-refractivity contribution in [2.45, 2.75) is 71.3 Å². The van der Waals surface area contributed by atoms with E-state index in [0.29, 0.717) is 16.9 Å². The van der Waals surface area contributed by atoms with Crippen LogP contribution in [0.25, 0.3) is 0 Å². The molecule has 0 aromatic heterocycles. The highest BCUT2D eigenvalue weighted by atomic mass is 14.9. The van der Waals surface area contributed by atoms with Gasteiger partial charge in [0.2, 0.25) is 0 Å². The summed E-state index contributed by atoms with van der Waals surface area (Å²) in [7, 11) is 0. The summed E-state index contributed by atoms with van der Waals surface area (Å²) in [5.41, 5.74) is 7.20. The van der Waals surface area contributed by atoms with E-state index in [1.54, 1.807) is 0 Å². The van der Waals surface area contributed by atoms with Gasteiger partial charge in [-0.15, -0.1) is 0 Å². The Balaban J connectivity index is 1.78. The Morgan fingerprint density at radius 2 is 1.82 bits per heavy atom. The molecular weight excluding hydrogens is 208 g/mol. The fourth-order valence-corrected chi connectivity index (χ4v) is 3.87. The molecule has 2 aliphatic rings. The first kappa shape index (κ1) is 13.4. The Kier molecular flexibility index (Phi) is 4.14. The van der Waals surface area contributed by atoms with Gasteiger partial charge in [-0.05, 0) is 42.9 Å². The van der Waals surface area contributed by atoms with Gasteiger partial charge in [0.15, 0.2) is 0 Å². The minimum atomic E-state index is 0.355. The van der Waals surface area contributed by atoms with Crippen molar-refractivity contribution in [2.24, 2.45) is 16.6 Å². The smallest absolute Gasteiger partial charge is 0.0105 e. The molecule has 0 radical (unpaired) electrons. The fraction of sp³-hybridized carbons (Fsp3) is 1.00. The average molecular weight is 238 g/mol. The van der Waals surface area contributed by atoms with Crippen LogP contribution in [0.1, 0.15) is 65.2 Å². The van der Waals surface area contributed by atoms with Gasteiger partial charge in [0.25, 0.3) is 0 Å². The lowest BCUT2D eigenvalue weighted by Gasteiger charge is -2.33. The molecule has 2 saturated carbocycles. The van der Waals surface area contributed by atoms with Gasteiger partial charge in [-0.1, -0.05) is 33.1 Å². The lowest BCUT2D eigenvalue weighted by atomic mass is 9.81. The number of nitrogens with one attached hydrogen (secondary N) is 1. The highest BCUT2D eigenvalue weighted by Crippen LogP contribution is 2.41. The number of nitrogens with two attached hydrogens (primary N) is 1. The molecule has 2 heteroatoms. The van der Waals surface area contributed by atoms with E-state index in [4.69, 9.17) is 5.73 Å². The molecular formula is C15H30N2. The van der Waals surface area contributed by atoms with E-state index in [2.05, 4.69) is 19.2 Å². The van der Waals surface area contributed by atoms with Crippen LogP contribution in [0.2, 0.25) is 0 Å². The average Bonchev–Trinajstić information content (AvgIpc) is 2.89. The molecule has 0 amide bonds. The molecule has 0 aromatic carbocycles. The van der Waals surface area contributed by atoms with E-state index in [1.807, 2.05) is 0 Å². The Hall–Kier alpha value is -0.0800. The molecule has 2 atom stereocenters. The molecule has 2 nitrogen and oxygen atoms in total. The zero-order valence-corrected chi connectivity index (χ0v) is 11.7. The second-order valence-corrected chi connectivity index (χ2v) is 6.82. The minimum absolute atomic E-state index is 0.355. The molecule has 17 heavy (non-hydrogen) atoms. The summed E-state index contributed by atoms with van der Waals surface area (Å²) >= 11 is 0. The summed E-state index contributed by atoms with van der Waals surface area (Å²) in [6, 6.07) is 0.413. The van der Waals surface area contributed by atoms with E-state index < -0.39 is 0 Å². The van der Waals surface area contributed by atoms with Crippen molar-refractivity contribution in [3.05, 3.63) is 0 Å². The first-order valence-electron chi connectivity index (χ1n) is 7.57. The van der Waals surface area contributed by atoms with Crippen LogP contribution in [-0.4, -0.2) is 19.1 Å². The van der Waals surface area contributed by atoms with Crippen LogP contribution < -0.4 is 11.1 Å². The number of hydrogen-bond acceptors (Lipinski definition) is 2. The van der Waals surface area contributed by atoms with Gasteiger partial charge >= 0.3 is 0 Å². The van der Waals surface area contributed by atoms with Gasteiger partial charge in [0.1, 0.15) is 0 Å². The molecule has 3 N–H and O–H groups in total. The quantitative estimate of drug-likeness (QED) is 0.772. The van der Waals surface area contributed by atoms with Crippen LogP contribution in [0.4, 0.5) is 0 Å². The topological polar surface area (TPSA) is 38.0 Å². The van der Waals surface area contributed by atoms with Crippen molar-refractivity contribution in [1.82, 2.24) is 5.32 Å². The van der Waals surface area contributed by atoms with Gasteiger partial charge in [0.05, 0.1) is 0 Å². The number of hydrogen-bond donors (Lipinski definition) is 2. The second-order valence-electron chi connectivity index (χ2n) is 6.82. The summed E-state index contributed by atoms with van der Waals surface area (Å²) in [5.74, 6) is 0. The highest BCUT2D eigenvalue weighted by Gasteiger charge is 2.37. The minimum Gasteiger partial charge on any atom is -0.327 e. The molecule has 100 valence electrons. The Bertz CT molecular complexity index is 241. The molecule has 0 heterocycles. The normalized spacial score (nSPS) is 36.5. The predicted molar refractivity (Wildman–Crippen MR) is 74.0 cm³/mol. The van der Waals surface area contributed by atoms with Gasteiger partial charge in [-0.2, -0.15) is 0 Å². The van der Waals surface area contributed by atoms with Crippen molar-refractivity contribution in [2.75, 3.05) is 13.1 Å². The third kappa shape index (κ3) is 2.85.